The SMILES string of the molecule is O=C(/C(O)=C/c1cc(CCc2ccccc2)ncn1)N1CCOCC1. The zero-order chi connectivity index (χ0) is 17.5. The number of rotatable bonds is 5. The number of nitrogens with zero attached hydrogens (tertiary/aromatic N) is 3. The van der Waals surface area contributed by atoms with Gasteiger partial charge in [-0.25, -0.2) is 9.97 Å². The Kier molecular flexibility index (Phi) is 5.74. The lowest BCUT2D eigenvalue weighted by Gasteiger charge is -2.26. The van der Waals surface area contributed by atoms with Crippen molar-refractivity contribution in [3.63, 3.8) is 0 Å². The summed E-state index contributed by atoms with van der Waals surface area (Å²) in [7, 11) is 0. The fourth-order valence-electron chi connectivity index (χ4n) is 2.68. The first-order valence-electron chi connectivity index (χ1n) is 8.35. The summed E-state index contributed by atoms with van der Waals surface area (Å²) in [6.45, 7) is 1.97. The van der Waals surface area contributed by atoms with Crippen LogP contribution in [0.4, 0.5) is 0 Å². The molecule has 1 saturated heterocycles. The van der Waals surface area contributed by atoms with Gasteiger partial charge in [0, 0.05) is 24.9 Å². The first kappa shape index (κ1) is 17.1. The Hall–Kier alpha value is -2.73. The minimum Gasteiger partial charge on any atom is -0.503 e. The van der Waals surface area contributed by atoms with Crippen molar-refractivity contribution in [2.75, 3.05) is 26.3 Å². The first-order valence-corrected chi connectivity index (χ1v) is 8.35. The van der Waals surface area contributed by atoms with Crippen molar-refractivity contribution in [2.45, 2.75) is 12.8 Å². The number of hydrogen-bond donors (Lipinski definition) is 1. The molecule has 0 aliphatic carbocycles. The molecular weight excluding hydrogens is 318 g/mol. The molecule has 1 aliphatic heterocycles. The Morgan fingerprint density at radius 1 is 1.16 bits per heavy atom. The van der Waals surface area contributed by atoms with Gasteiger partial charge in [-0.1, -0.05) is 30.3 Å². The normalized spacial score (nSPS) is 15.2. The van der Waals surface area contributed by atoms with Gasteiger partial charge in [0.25, 0.3) is 5.91 Å². The number of ether oxygens (including phenoxy) is 1. The minimum absolute atomic E-state index is 0.311. The third kappa shape index (κ3) is 4.87. The second-order valence-corrected chi connectivity index (χ2v) is 5.85. The number of aliphatic hydroxyl groups excluding tert-OH is 1. The largest absolute Gasteiger partial charge is 0.503 e. The molecule has 6 heteroatoms. The van der Waals surface area contributed by atoms with Crippen LogP contribution in [0.15, 0.2) is 48.5 Å². The average molecular weight is 339 g/mol. The summed E-state index contributed by atoms with van der Waals surface area (Å²) in [6.07, 6.45) is 4.50. The van der Waals surface area contributed by atoms with Crippen molar-refractivity contribution in [1.82, 2.24) is 14.9 Å². The number of carbonyl (C=O) groups excluding carboxylic acids is 1. The molecule has 1 aliphatic rings. The summed E-state index contributed by atoms with van der Waals surface area (Å²) in [6, 6.07) is 12.0. The van der Waals surface area contributed by atoms with Gasteiger partial charge in [-0.05, 0) is 24.5 Å². The lowest BCUT2D eigenvalue weighted by Crippen LogP contribution is -2.41. The Morgan fingerprint density at radius 2 is 1.92 bits per heavy atom. The van der Waals surface area contributed by atoms with Crippen LogP contribution < -0.4 is 0 Å². The zero-order valence-electron chi connectivity index (χ0n) is 14.0. The molecule has 0 bridgehead atoms. The van der Waals surface area contributed by atoms with Crippen LogP contribution in [0.25, 0.3) is 6.08 Å². The predicted octanol–water partition coefficient (Wildman–Crippen LogP) is 2.02. The molecule has 2 aromatic rings. The number of aliphatic hydroxyl groups is 1. The van der Waals surface area contributed by atoms with Gasteiger partial charge < -0.3 is 14.7 Å². The molecule has 6 nitrogen and oxygen atoms in total. The van der Waals surface area contributed by atoms with Gasteiger partial charge in [-0.2, -0.15) is 0 Å². The number of aryl methyl sites for hydroxylation is 2. The fourth-order valence-corrected chi connectivity index (χ4v) is 2.68. The van der Waals surface area contributed by atoms with Crippen LogP contribution in [0, 0.1) is 0 Å². The van der Waals surface area contributed by atoms with Gasteiger partial charge >= 0.3 is 0 Å². The van der Waals surface area contributed by atoms with Gasteiger partial charge in [0.2, 0.25) is 0 Å². The predicted molar refractivity (Wildman–Crippen MR) is 93.9 cm³/mol. The van der Waals surface area contributed by atoms with Crippen LogP contribution >= 0.6 is 0 Å². The summed E-state index contributed by atoms with van der Waals surface area (Å²) in [5, 5.41) is 10.1. The van der Waals surface area contributed by atoms with E-state index in [0.29, 0.717) is 32.0 Å². The van der Waals surface area contributed by atoms with Crippen molar-refractivity contribution < 1.29 is 14.6 Å². The fraction of sp³-hybridized carbons (Fsp3) is 0.316. The molecule has 1 amide bonds. The summed E-state index contributed by atoms with van der Waals surface area (Å²) >= 11 is 0. The Balaban J connectivity index is 1.64. The number of benzene rings is 1. The van der Waals surface area contributed by atoms with Crippen LogP contribution in [0.2, 0.25) is 0 Å². The topological polar surface area (TPSA) is 75.5 Å². The molecule has 0 spiro atoms. The molecule has 1 aromatic carbocycles. The number of amides is 1. The Labute approximate surface area is 146 Å². The number of aromatic nitrogens is 2. The van der Waals surface area contributed by atoms with Crippen LogP contribution in [-0.2, 0) is 22.4 Å². The highest BCUT2D eigenvalue weighted by Crippen LogP contribution is 2.10. The van der Waals surface area contributed by atoms with E-state index >= 15 is 0 Å². The maximum atomic E-state index is 12.2. The highest BCUT2D eigenvalue weighted by molar-refractivity contribution is 5.95. The van der Waals surface area contributed by atoms with E-state index in [1.165, 1.54) is 18.0 Å². The van der Waals surface area contributed by atoms with E-state index in [9.17, 15) is 9.90 Å². The van der Waals surface area contributed by atoms with Gasteiger partial charge in [-0.3, -0.25) is 4.79 Å². The average Bonchev–Trinajstić information content (AvgIpc) is 2.67. The molecular formula is C19H21N3O3. The molecule has 0 saturated carbocycles. The van der Waals surface area contributed by atoms with Gasteiger partial charge in [0.05, 0.1) is 18.9 Å². The smallest absolute Gasteiger partial charge is 0.288 e. The highest BCUT2D eigenvalue weighted by Gasteiger charge is 2.20. The monoisotopic (exact) mass is 339 g/mol. The summed E-state index contributed by atoms with van der Waals surface area (Å²) in [5.74, 6) is -0.706. The maximum absolute atomic E-state index is 12.2. The molecule has 130 valence electrons. The van der Waals surface area contributed by atoms with E-state index in [1.54, 1.807) is 11.0 Å². The molecule has 2 heterocycles. The second-order valence-electron chi connectivity index (χ2n) is 5.85. The van der Waals surface area contributed by atoms with Crippen molar-refractivity contribution in [3.8, 4) is 0 Å². The van der Waals surface area contributed by atoms with Gasteiger partial charge in [-0.15, -0.1) is 0 Å². The molecule has 0 atom stereocenters. The zero-order valence-corrected chi connectivity index (χ0v) is 14.0. The molecule has 1 fully saturated rings. The van der Waals surface area contributed by atoms with E-state index in [1.807, 2.05) is 18.2 Å². The minimum atomic E-state index is -0.396. The van der Waals surface area contributed by atoms with E-state index in [2.05, 4.69) is 22.1 Å². The van der Waals surface area contributed by atoms with Crippen molar-refractivity contribution >= 4 is 12.0 Å². The van der Waals surface area contributed by atoms with Crippen molar-refractivity contribution in [1.29, 1.82) is 0 Å². The van der Waals surface area contributed by atoms with E-state index < -0.39 is 5.91 Å². The molecule has 1 aromatic heterocycles. The highest BCUT2D eigenvalue weighted by atomic mass is 16.5. The van der Waals surface area contributed by atoms with Crippen LogP contribution in [0.1, 0.15) is 17.0 Å². The van der Waals surface area contributed by atoms with Crippen molar-refractivity contribution in [3.05, 3.63) is 65.4 Å². The third-order valence-corrected chi connectivity index (χ3v) is 4.06. The van der Waals surface area contributed by atoms with Crippen LogP contribution in [0.3, 0.4) is 0 Å². The Bertz CT molecular complexity index is 741. The second kappa shape index (κ2) is 8.39. The molecule has 3 rings (SSSR count). The van der Waals surface area contributed by atoms with Crippen LogP contribution in [-0.4, -0.2) is 52.2 Å². The molecule has 25 heavy (non-hydrogen) atoms. The lowest BCUT2D eigenvalue weighted by atomic mass is 10.1. The van der Waals surface area contributed by atoms with Gasteiger partial charge in [0.15, 0.2) is 5.76 Å². The van der Waals surface area contributed by atoms with Crippen molar-refractivity contribution in [2.24, 2.45) is 0 Å². The molecule has 1 N–H and O–H groups in total. The first-order chi connectivity index (χ1) is 12.2. The third-order valence-electron chi connectivity index (χ3n) is 4.06. The van der Waals surface area contributed by atoms with Crippen LogP contribution in [0.5, 0.6) is 0 Å². The summed E-state index contributed by atoms with van der Waals surface area (Å²) < 4.78 is 5.21. The number of hydrogen-bond acceptors (Lipinski definition) is 5. The number of carbonyl (C=O) groups is 1. The van der Waals surface area contributed by atoms with E-state index in [0.717, 1.165) is 18.5 Å². The quantitative estimate of drug-likeness (QED) is 0.666. The molecule has 0 radical (unpaired) electrons. The van der Waals surface area contributed by atoms with Gasteiger partial charge in [0.1, 0.15) is 6.33 Å². The van der Waals surface area contributed by atoms with E-state index in [4.69, 9.17) is 4.74 Å². The standard InChI is InChI=1S/C19H21N3O3/c23-18(19(24)22-8-10-25-11-9-22)13-17-12-16(20-14-21-17)7-6-15-4-2-1-3-5-15/h1-5,12-14,23H,6-11H2/b18-13-. The summed E-state index contributed by atoms with van der Waals surface area (Å²) in [5.41, 5.74) is 2.64. The number of morpholine rings is 1. The Morgan fingerprint density at radius 3 is 2.68 bits per heavy atom. The van der Waals surface area contributed by atoms with E-state index in [-0.39, 0.29) is 5.76 Å². The summed E-state index contributed by atoms with van der Waals surface area (Å²) in [4.78, 5) is 22.2. The maximum Gasteiger partial charge on any atom is 0.288 e. The molecule has 0 unspecified atom stereocenters. The lowest BCUT2D eigenvalue weighted by molar-refractivity contribution is -0.133.